The first-order valence-corrected chi connectivity index (χ1v) is 9.46. The van der Waals surface area contributed by atoms with Crippen molar-refractivity contribution >= 4 is 17.5 Å². The van der Waals surface area contributed by atoms with Crippen molar-refractivity contribution in [3.63, 3.8) is 0 Å². The standard InChI is InChI=1S/C19H24N6O2/c1-2-3-12-8-16(24-23-12)18(26)22-15-9-13-5-7-17(15)25(13)19(27)14-6-4-11(20)10-21-14/h4,6,8,10,13,15,17H,2-3,5,7,9,20H2,1H3,(H,22,26)(H,23,24)/t13-,15-,17+/m1/s1. The number of hydrogen-bond donors (Lipinski definition) is 3. The lowest BCUT2D eigenvalue weighted by Gasteiger charge is -2.24. The first-order valence-electron chi connectivity index (χ1n) is 9.46. The molecule has 0 aliphatic carbocycles. The molecule has 2 amide bonds. The van der Waals surface area contributed by atoms with Gasteiger partial charge in [0.15, 0.2) is 0 Å². The van der Waals surface area contributed by atoms with E-state index in [1.54, 1.807) is 18.2 Å². The van der Waals surface area contributed by atoms with E-state index in [0.717, 1.165) is 37.8 Å². The average Bonchev–Trinajstić information content (AvgIpc) is 3.36. The number of fused-ring (bicyclic) bond motifs is 2. The molecule has 0 radical (unpaired) electrons. The number of carbonyl (C=O) groups excluding carboxylic acids is 2. The van der Waals surface area contributed by atoms with E-state index in [1.165, 1.54) is 6.20 Å². The summed E-state index contributed by atoms with van der Waals surface area (Å²) < 4.78 is 0. The number of H-pyrrole nitrogens is 1. The number of nitrogen functional groups attached to an aromatic ring is 1. The van der Waals surface area contributed by atoms with Gasteiger partial charge in [-0.05, 0) is 43.9 Å². The number of amides is 2. The van der Waals surface area contributed by atoms with Gasteiger partial charge < -0.3 is 16.0 Å². The van der Waals surface area contributed by atoms with E-state index in [4.69, 9.17) is 5.73 Å². The summed E-state index contributed by atoms with van der Waals surface area (Å²) in [6.45, 7) is 2.08. The predicted molar refractivity (Wildman–Crippen MR) is 100 cm³/mol. The normalized spacial score (nSPS) is 23.6. The van der Waals surface area contributed by atoms with E-state index >= 15 is 0 Å². The fraction of sp³-hybridized carbons (Fsp3) is 0.474. The summed E-state index contributed by atoms with van der Waals surface area (Å²) in [7, 11) is 0. The van der Waals surface area contributed by atoms with Crippen LogP contribution in [0.1, 0.15) is 59.3 Å². The zero-order valence-corrected chi connectivity index (χ0v) is 15.3. The highest BCUT2D eigenvalue weighted by atomic mass is 16.2. The molecule has 0 unspecified atom stereocenters. The number of nitrogens with one attached hydrogen (secondary N) is 2. The number of pyridine rings is 1. The Morgan fingerprint density at radius 3 is 2.93 bits per heavy atom. The zero-order chi connectivity index (χ0) is 19.0. The Morgan fingerprint density at radius 2 is 2.19 bits per heavy atom. The van der Waals surface area contributed by atoms with Gasteiger partial charge in [0.25, 0.3) is 11.8 Å². The highest BCUT2D eigenvalue weighted by molar-refractivity contribution is 5.94. The van der Waals surface area contributed by atoms with Crippen molar-refractivity contribution in [2.75, 3.05) is 5.73 Å². The SMILES string of the molecule is CCCc1cc(C(=O)N[C@@H]2C[C@H]3CC[C@@H]2N3C(=O)c2ccc(N)cn2)n[nH]1. The molecule has 2 aliphatic rings. The Hall–Kier alpha value is -2.90. The number of aryl methyl sites for hydroxylation is 1. The van der Waals surface area contributed by atoms with Gasteiger partial charge in [-0.3, -0.25) is 14.7 Å². The van der Waals surface area contributed by atoms with Gasteiger partial charge in [-0.25, -0.2) is 4.98 Å². The molecule has 0 saturated carbocycles. The number of carbonyl (C=O) groups is 2. The maximum absolute atomic E-state index is 12.9. The summed E-state index contributed by atoms with van der Waals surface area (Å²) in [5.41, 5.74) is 7.94. The molecule has 4 rings (SSSR count). The van der Waals surface area contributed by atoms with Crippen molar-refractivity contribution in [3.8, 4) is 0 Å². The smallest absolute Gasteiger partial charge is 0.273 e. The molecule has 2 saturated heterocycles. The topological polar surface area (TPSA) is 117 Å². The Morgan fingerprint density at radius 1 is 1.33 bits per heavy atom. The molecular weight excluding hydrogens is 344 g/mol. The van der Waals surface area contributed by atoms with Crippen molar-refractivity contribution in [2.45, 2.75) is 57.2 Å². The van der Waals surface area contributed by atoms with E-state index in [1.807, 2.05) is 4.90 Å². The number of hydrogen-bond acceptors (Lipinski definition) is 5. The molecule has 3 atom stereocenters. The average molecular weight is 368 g/mol. The molecular formula is C19H24N6O2. The minimum atomic E-state index is -0.191. The van der Waals surface area contributed by atoms with Crippen LogP contribution in [-0.4, -0.2) is 50.0 Å². The summed E-state index contributed by atoms with van der Waals surface area (Å²) >= 11 is 0. The predicted octanol–water partition coefficient (Wildman–Crippen LogP) is 1.51. The molecule has 2 aromatic heterocycles. The Balaban J connectivity index is 1.44. The van der Waals surface area contributed by atoms with Crippen LogP contribution in [0.15, 0.2) is 24.4 Å². The van der Waals surface area contributed by atoms with Gasteiger partial charge in [-0.15, -0.1) is 0 Å². The van der Waals surface area contributed by atoms with Crippen LogP contribution in [0.2, 0.25) is 0 Å². The van der Waals surface area contributed by atoms with Gasteiger partial charge in [-0.1, -0.05) is 13.3 Å². The first-order chi connectivity index (χ1) is 13.1. The summed E-state index contributed by atoms with van der Waals surface area (Å²) in [4.78, 5) is 31.5. The van der Waals surface area contributed by atoms with Gasteiger partial charge in [0.05, 0.1) is 24.0 Å². The maximum atomic E-state index is 12.9. The molecule has 8 heteroatoms. The van der Waals surface area contributed by atoms with Crippen LogP contribution >= 0.6 is 0 Å². The van der Waals surface area contributed by atoms with Crippen LogP contribution < -0.4 is 11.1 Å². The highest BCUT2D eigenvalue weighted by Gasteiger charge is 2.49. The molecule has 4 N–H and O–H groups in total. The Labute approximate surface area is 157 Å². The van der Waals surface area contributed by atoms with Crippen LogP contribution in [-0.2, 0) is 6.42 Å². The van der Waals surface area contributed by atoms with E-state index in [9.17, 15) is 9.59 Å². The molecule has 2 fully saturated rings. The van der Waals surface area contributed by atoms with E-state index in [2.05, 4.69) is 27.4 Å². The van der Waals surface area contributed by atoms with Crippen molar-refractivity contribution in [2.24, 2.45) is 0 Å². The maximum Gasteiger partial charge on any atom is 0.273 e. The second-order valence-corrected chi connectivity index (χ2v) is 7.33. The number of nitrogens with two attached hydrogens (primary N) is 1. The highest BCUT2D eigenvalue weighted by Crippen LogP contribution is 2.38. The van der Waals surface area contributed by atoms with Gasteiger partial charge in [0.2, 0.25) is 0 Å². The molecule has 2 aromatic rings. The fourth-order valence-electron chi connectivity index (χ4n) is 4.24. The summed E-state index contributed by atoms with van der Waals surface area (Å²) in [6, 6.07) is 5.22. The summed E-state index contributed by atoms with van der Waals surface area (Å²) in [5, 5.41) is 10.1. The van der Waals surface area contributed by atoms with Crippen molar-refractivity contribution in [3.05, 3.63) is 41.5 Å². The minimum Gasteiger partial charge on any atom is -0.397 e. The van der Waals surface area contributed by atoms with Crippen LogP contribution in [0.4, 0.5) is 5.69 Å². The summed E-state index contributed by atoms with van der Waals surface area (Å²) in [6.07, 6.45) is 5.97. The van der Waals surface area contributed by atoms with Crippen LogP contribution in [0.25, 0.3) is 0 Å². The van der Waals surface area contributed by atoms with Gasteiger partial charge in [-0.2, -0.15) is 5.10 Å². The number of rotatable bonds is 5. The third-order valence-corrected chi connectivity index (χ3v) is 5.48. The largest absolute Gasteiger partial charge is 0.397 e. The van der Waals surface area contributed by atoms with E-state index < -0.39 is 0 Å². The number of nitrogens with zero attached hydrogens (tertiary/aromatic N) is 3. The van der Waals surface area contributed by atoms with Crippen LogP contribution in [0.5, 0.6) is 0 Å². The number of aromatic amines is 1. The third-order valence-electron chi connectivity index (χ3n) is 5.48. The van der Waals surface area contributed by atoms with E-state index in [0.29, 0.717) is 17.1 Å². The molecule has 2 aliphatic heterocycles. The number of anilines is 1. The lowest BCUT2D eigenvalue weighted by molar-refractivity contribution is 0.0710. The Bertz CT molecular complexity index is 846. The lowest BCUT2D eigenvalue weighted by Crippen LogP contribution is -2.45. The van der Waals surface area contributed by atoms with Gasteiger partial charge in [0, 0.05) is 11.7 Å². The molecule has 8 nitrogen and oxygen atoms in total. The molecule has 0 aromatic carbocycles. The third kappa shape index (κ3) is 3.27. The van der Waals surface area contributed by atoms with Gasteiger partial charge in [0.1, 0.15) is 11.4 Å². The fourth-order valence-corrected chi connectivity index (χ4v) is 4.24. The molecule has 4 heterocycles. The second kappa shape index (κ2) is 7.02. The zero-order valence-electron chi connectivity index (χ0n) is 15.3. The first kappa shape index (κ1) is 17.5. The molecule has 0 spiro atoms. The van der Waals surface area contributed by atoms with Crippen LogP contribution in [0.3, 0.4) is 0 Å². The van der Waals surface area contributed by atoms with Crippen molar-refractivity contribution in [1.29, 1.82) is 0 Å². The minimum absolute atomic E-state index is 0.000132. The van der Waals surface area contributed by atoms with E-state index in [-0.39, 0.29) is 29.9 Å². The summed E-state index contributed by atoms with van der Waals surface area (Å²) in [5.74, 6) is -0.284. The molecule has 27 heavy (non-hydrogen) atoms. The molecule has 2 bridgehead atoms. The monoisotopic (exact) mass is 368 g/mol. The number of aromatic nitrogens is 3. The van der Waals surface area contributed by atoms with Crippen molar-refractivity contribution < 1.29 is 9.59 Å². The van der Waals surface area contributed by atoms with Crippen LogP contribution in [0, 0.1) is 0 Å². The lowest BCUT2D eigenvalue weighted by atomic mass is 9.95. The van der Waals surface area contributed by atoms with Gasteiger partial charge >= 0.3 is 0 Å². The van der Waals surface area contributed by atoms with Crippen molar-refractivity contribution in [1.82, 2.24) is 25.4 Å². The Kier molecular flexibility index (Phi) is 4.55. The second-order valence-electron chi connectivity index (χ2n) is 7.33. The quantitative estimate of drug-likeness (QED) is 0.740. The molecule has 142 valence electrons.